The summed E-state index contributed by atoms with van der Waals surface area (Å²) in [5.74, 6) is 0.254. The van der Waals surface area contributed by atoms with Gasteiger partial charge >= 0.3 is 12.1 Å². The van der Waals surface area contributed by atoms with Crippen molar-refractivity contribution in [3.8, 4) is 0 Å². The molecule has 0 unspecified atom stereocenters. The maximum atomic E-state index is 12.5. The topological polar surface area (TPSA) is 72.9 Å². The number of ketones is 1. The van der Waals surface area contributed by atoms with E-state index in [1.54, 1.807) is 27.7 Å². The lowest BCUT2D eigenvalue weighted by atomic mass is 9.72. The maximum Gasteiger partial charge on any atom is 0.411 e. The van der Waals surface area contributed by atoms with E-state index in [9.17, 15) is 14.4 Å². The van der Waals surface area contributed by atoms with Crippen molar-refractivity contribution in [2.24, 2.45) is 11.8 Å². The van der Waals surface area contributed by atoms with Crippen LogP contribution in [0.5, 0.6) is 0 Å². The van der Waals surface area contributed by atoms with Crippen molar-refractivity contribution in [2.75, 3.05) is 13.2 Å². The molecular formula is C17H27NO5. The number of ether oxygens (including phenoxy) is 2. The summed E-state index contributed by atoms with van der Waals surface area (Å²) in [4.78, 5) is 38.0. The highest BCUT2D eigenvalue weighted by Gasteiger charge is 2.45. The second kappa shape index (κ2) is 6.89. The van der Waals surface area contributed by atoms with Crippen LogP contribution in [0, 0.1) is 11.8 Å². The summed E-state index contributed by atoms with van der Waals surface area (Å²) >= 11 is 0. The highest BCUT2D eigenvalue weighted by Crippen LogP contribution is 2.38. The molecule has 0 N–H and O–H groups in total. The van der Waals surface area contributed by atoms with Gasteiger partial charge in [-0.2, -0.15) is 0 Å². The van der Waals surface area contributed by atoms with Gasteiger partial charge in [-0.1, -0.05) is 0 Å². The van der Waals surface area contributed by atoms with Crippen LogP contribution in [0.3, 0.4) is 0 Å². The molecule has 130 valence electrons. The van der Waals surface area contributed by atoms with Crippen LogP contribution in [0.15, 0.2) is 0 Å². The Kier molecular flexibility index (Phi) is 5.32. The van der Waals surface area contributed by atoms with E-state index < -0.39 is 23.7 Å². The Morgan fingerprint density at radius 1 is 1.26 bits per heavy atom. The molecule has 2 rings (SSSR count). The second-order valence-electron chi connectivity index (χ2n) is 7.44. The fraction of sp³-hybridized carbons (Fsp3) is 0.824. The van der Waals surface area contributed by atoms with Gasteiger partial charge in [-0.15, -0.1) is 0 Å². The molecule has 6 nitrogen and oxygen atoms in total. The molecule has 0 radical (unpaired) electrons. The molecule has 2 aliphatic rings. The van der Waals surface area contributed by atoms with Gasteiger partial charge in [-0.05, 0) is 52.4 Å². The molecule has 1 aliphatic heterocycles. The van der Waals surface area contributed by atoms with Crippen LogP contribution in [0.25, 0.3) is 0 Å². The Hall–Kier alpha value is -1.59. The summed E-state index contributed by atoms with van der Waals surface area (Å²) in [5, 5.41) is 0. The fourth-order valence-electron chi connectivity index (χ4n) is 3.44. The van der Waals surface area contributed by atoms with E-state index in [-0.39, 0.29) is 24.2 Å². The van der Waals surface area contributed by atoms with Crippen LogP contribution in [-0.2, 0) is 19.1 Å². The number of Topliss-reactive ketones (excluding diaryl/α,β-unsaturated/α-hetero) is 1. The SMILES string of the molecule is CCOC(=O)[C@@H]1C[C@H]2CC(=O)CC[C@@H]2CN1C(=O)OC(C)(C)C. The third-order valence-electron chi connectivity index (χ3n) is 4.47. The van der Waals surface area contributed by atoms with E-state index in [1.165, 1.54) is 4.90 Å². The minimum Gasteiger partial charge on any atom is -0.464 e. The number of carbonyl (C=O) groups is 3. The zero-order valence-electron chi connectivity index (χ0n) is 14.5. The Labute approximate surface area is 137 Å². The first-order valence-corrected chi connectivity index (χ1v) is 8.39. The Morgan fingerprint density at radius 2 is 1.96 bits per heavy atom. The van der Waals surface area contributed by atoms with Crippen LogP contribution < -0.4 is 0 Å². The zero-order chi connectivity index (χ0) is 17.2. The van der Waals surface area contributed by atoms with Gasteiger partial charge in [-0.25, -0.2) is 9.59 Å². The largest absolute Gasteiger partial charge is 0.464 e. The maximum absolute atomic E-state index is 12.5. The van der Waals surface area contributed by atoms with Gasteiger partial charge in [0, 0.05) is 19.4 Å². The van der Waals surface area contributed by atoms with Crippen LogP contribution in [-0.4, -0.2) is 47.5 Å². The second-order valence-corrected chi connectivity index (χ2v) is 7.44. The van der Waals surface area contributed by atoms with Crippen molar-refractivity contribution in [2.45, 2.75) is 65.0 Å². The van der Waals surface area contributed by atoms with Crippen molar-refractivity contribution >= 4 is 17.8 Å². The van der Waals surface area contributed by atoms with Gasteiger partial charge in [0.05, 0.1) is 6.61 Å². The number of nitrogens with zero attached hydrogens (tertiary/aromatic N) is 1. The van der Waals surface area contributed by atoms with Crippen LogP contribution in [0.1, 0.15) is 53.4 Å². The quantitative estimate of drug-likeness (QED) is 0.730. The summed E-state index contributed by atoms with van der Waals surface area (Å²) in [5.41, 5.74) is -0.615. The number of esters is 1. The number of amides is 1. The summed E-state index contributed by atoms with van der Waals surface area (Å²) in [6.07, 6.45) is 1.84. The number of hydrogen-bond acceptors (Lipinski definition) is 5. The van der Waals surface area contributed by atoms with Crippen molar-refractivity contribution in [3.05, 3.63) is 0 Å². The monoisotopic (exact) mass is 325 g/mol. The van der Waals surface area contributed by atoms with Crippen LogP contribution >= 0.6 is 0 Å². The molecule has 1 amide bonds. The van der Waals surface area contributed by atoms with E-state index in [4.69, 9.17) is 9.47 Å². The van der Waals surface area contributed by atoms with Gasteiger partial charge < -0.3 is 9.47 Å². The molecule has 1 saturated carbocycles. The lowest BCUT2D eigenvalue weighted by Gasteiger charge is -2.44. The lowest BCUT2D eigenvalue weighted by molar-refractivity contribution is -0.153. The van der Waals surface area contributed by atoms with Gasteiger partial charge in [-0.3, -0.25) is 9.69 Å². The predicted molar refractivity (Wildman–Crippen MR) is 83.8 cm³/mol. The van der Waals surface area contributed by atoms with Crippen molar-refractivity contribution < 1.29 is 23.9 Å². The minimum atomic E-state index is -0.656. The highest BCUT2D eigenvalue weighted by atomic mass is 16.6. The highest BCUT2D eigenvalue weighted by molar-refractivity contribution is 5.83. The molecule has 0 aromatic heterocycles. The minimum absolute atomic E-state index is 0.157. The first-order chi connectivity index (χ1) is 10.7. The molecule has 2 fully saturated rings. The lowest BCUT2D eigenvalue weighted by Crippen LogP contribution is -2.56. The number of fused-ring (bicyclic) bond motifs is 1. The molecule has 1 saturated heterocycles. The van der Waals surface area contributed by atoms with E-state index >= 15 is 0 Å². The van der Waals surface area contributed by atoms with Gasteiger partial charge in [0.15, 0.2) is 0 Å². The molecular weight excluding hydrogens is 298 g/mol. The number of likely N-dealkylation sites (tertiary alicyclic amines) is 1. The molecule has 0 aromatic rings. The third-order valence-corrected chi connectivity index (χ3v) is 4.47. The Morgan fingerprint density at radius 3 is 2.57 bits per heavy atom. The summed E-state index contributed by atoms with van der Waals surface area (Å²) in [6, 6.07) is -0.656. The Balaban J connectivity index is 2.16. The molecule has 0 aromatic carbocycles. The van der Waals surface area contributed by atoms with Crippen molar-refractivity contribution in [1.82, 2.24) is 4.90 Å². The zero-order valence-corrected chi connectivity index (χ0v) is 14.5. The number of piperidine rings is 1. The average Bonchev–Trinajstić information content (AvgIpc) is 2.44. The van der Waals surface area contributed by atoms with Crippen LogP contribution in [0.4, 0.5) is 4.79 Å². The summed E-state index contributed by atoms with van der Waals surface area (Å²) in [6.45, 7) is 7.87. The Bertz CT molecular complexity index is 482. The molecule has 1 heterocycles. The molecule has 0 spiro atoms. The van der Waals surface area contributed by atoms with E-state index in [1.807, 2.05) is 0 Å². The third kappa shape index (κ3) is 4.45. The summed E-state index contributed by atoms with van der Waals surface area (Å²) < 4.78 is 10.6. The number of rotatable bonds is 2. The molecule has 3 atom stereocenters. The number of hydrogen-bond donors (Lipinski definition) is 0. The summed E-state index contributed by atoms with van der Waals surface area (Å²) in [7, 11) is 0. The van der Waals surface area contributed by atoms with E-state index in [2.05, 4.69) is 0 Å². The first kappa shape index (κ1) is 17.8. The standard InChI is InChI=1S/C17H27NO5/c1-5-22-15(20)14-9-12-8-13(19)7-6-11(12)10-18(14)16(21)23-17(2,3)4/h11-12,14H,5-10H2,1-4H3/t11-,12-,14+/m1/s1. The van der Waals surface area contributed by atoms with Crippen LogP contribution in [0.2, 0.25) is 0 Å². The van der Waals surface area contributed by atoms with Gasteiger partial charge in [0.25, 0.3) is 0 Å². The van der Waals surface area contributed by atoms with E-state index in [0.717, 1.165) is 6.42 Å². The smallest absolute Gasteiger partial charge is 0.411 e. The molecule has 23 heavy (non-hydrogen) atoms. The fourth-order valence-corrected chi connectivity index (χ4v) is 3.44. The van der Waals surface area contributed by atoms with Gasteiger partial charge in [0.2, 0.25) is 0 Å². The first-order valence-electron chi connectivity index (χ1n) is 8.39. The van der Waals surface area contributed by atoms with E-state index in [0.29, 0.717) is 25.8 Å². The van der Waals surface area contributed by atoms with Gasteiger partial charge in [0.1, 0.15) is 17.4 Å². The normalized spacial score (nSPS) is 28.1. The van der Waals surface area contributed by atoms with Crippen molar-refractivity contribution in [3.63, 3.8) is 0 Å². The molecule has 0 bridgehead atoms. The molecule has 1 aliphatic carbocycles. The number of carbonyl (C=O) groups excluding carboxylic acids is 3. The average molecular weight is 325 g/mol. The molecule has 6 heteroatoms. The predicted octanol–water partition coefficient (Wildman–Crippen LogP) is 2.54. The van der Waals surface area contributed by atoms with Crippen molar-refractivity contribution in [1.29, 1.82) is 0 Å².